The van der Waals surface area contributed by atoms with Crippen LogP contribution in [0, 0.1) is 18.8 Å². The quantitative estimate of drug-likeness (QED) is 0.170. The zero-order valence-corrected chi connectivity index (χ0v) is 32.1. The van der Waals surface area contributed by atoms with E-state index in [1.165, 1.54) is 5.56 Å². The molecule has 3 aliphatic heterocycles. The van der Waals surface area contributed by atoms with E-state index in [0.717, 1.165) is 71.3 Å². The van der Waals surface area contributed by atoms with Crippen molar-refractivity contribution in [2.75, 3.05) is 31.2 Å². The number of aryl methyl sites for hydroxylation is 3. The highest BCUT2D eigenvalue weighted by molar-refractivity contribution is 6.03. The fraction of sp³-hybridized carbons (Fsp3) is 0.318. The minimum atomic E-state index is -0.469. The molecule has 7 heterocycles. The molecular formula is C44H40N8O6. The number of rotatable bonds is 6. The summed E-state index contributed by atoms with van der Waals surface area (Å²) in [6, 6.07) is 13.2. The van der Waals surface area contributed by atoms with Gasteiger partial charge in [0.2, 0.25) is 11.8 Å². The number of nitrogens with zero attached hydrogens (tertiary/aromatic N) is 6. The van der Waals surface area contributed by atoms with Gasteiger partial charge in [-0.15, -0.1) is 0 Å². The maximum atomic E-state index is 13.0. The summed E-state index contributed by atoms with van der Waals surface area (Å²) >= 11 is 0. The molecule has 292 valence electrons. The number of amides is 3. The van der Waals surface area contributed by atoms with Crippen LogP contribution in [0.1, 0.15) is 82.5 Å². The molecule has 6 aromatic rings. The van der Waals surface area contributed by atoms with Crippen LogP contribution in [0.15, 0.2) is 70.3 Å². The van der Waals surface area contributed by atoms with E-state index < -0.39 is 5.92 Å². The highest BCUT2D eigenvalue weighted by atomic mass is 16.5. The molecule has 2 fully saturated rings. The van der Waals surface area contributed by atoms with Crippen LogP contribution in [-0.2, 0) is 27.8 Å². The average molecular weight is 777 g/mol. The number of fused-ring (bicyclic) bond motifs is 3. The lowest BCUT2D eigenvalue weighted by Crippen LogP contribution is -2.39. The highest BCUT2D eigenvalue weighted by Gasteiger charge is 2.31. The van der Waals surface area contributed by atoms with Crippen LogP contribution in [-0.4, -0.2) is 68.5 Å². The molecule has 0 spiro atoms. The third-order valence-electron chi connectivity index (χ3n) is 11.3. The first-order valence-corrected chi connectivity index (χ1v) is 19.5. The van der Waals surface area contributed by atoms with E-state index in [2.05, 4.69) is 44.5 Å². The summed E-state index contributed by atoms with van der Waals surface area (Å²) in [5.41, 5.74) is 8.79. The van der Waals surface area contributed by atoms with Crippen molar-refractivity contribution in [1.29, 1.82) is 0 Å². The molecule has 2 aromatic carbocycles. The maximum absolute atomic E-state index is 13.0. The molecule has 2 N–H and O–H groups in total. The highest BCUT2D eigenvalue weighted by Crippen LogP contribution is 2.40. The van der Waals surface area contributed by atoms with Crippen LogP contribution in [0.5, 0.6) is 0 Å². The fourth-order valence-electron chi connectivity index (χ4n) is 8.18. The van der Waals surface area contributed by atoms with Gasteiger partial charge in [0.1, 0.15) is 22.5 Å². The van der Waals surface area contributed by atoms with E-state index >= 15 is 0 Å². The van der Waals surface area contributed by atoms with Crippen molar-refractivity contribution in [3.05, 3.63) is 105 Å². The van der Waals surface area contributed by atoms with Gasteiger partial charge in [-0.25, -0.2) is 15.0 Å². The van der Waals surface area contributed by atoms with Crippen LogP contribution < -0.4 is 21.1 Å². The molecule has 1 unspecified atom stereocenters. The van der Waals surface area contributed by atoms with Gasteiger partial charge in [0.25, 0.3) is 11.5 Å². The van der Waals surface area contributed by atoms with Crippen LogP contribution in [0.2, 0.25) is 0 Å². The summed E-state index contributed by atoms with van der Waals surface area (Å²) in [5, 5.41) is 5.96. The smallest absolute Gasteiger partial charge is 0.272 e. The van der Waals surface area contributed by atoms with Crippen LogP contribution in [0.3, 0.4) is 0 Å². The van der Waals surface area contributed by atoms with Gasteiger partial charge in [-0.05, 0) is 93.0 Å². The predicted molar refractivity (Wildman–Crippen MR) is 216 cm³/mol. The Morgan fingerprint density at radius 3 is 2.66 bits per heavy atom. The molecule has 4 aromatic heterocycles. The third-order valence-corrected chi connectivity index (χ3v) is 11.3. The Labute approximate surface area is 333 Å². The Morgan fingerprint density at radius 1 is 0.983 bits per heavy atom. The second kappa shape index (κ2) is 15.3. The van der Waals surface area contributed by atoms with Gasteiger partial charge in [0.05, 0.1) is 47.5 Å². The minimum Gasteiger partial charge on any atom is -0.464 e. The van der Waals surface area contributed by atoms with Crippen LogP contribution >= 0.6 is 0 Å². The summed E-state index contributed by atoms with van der Waals surface area (Å²) in [7, 11) is 1.81. The Balaban J connectivity index is 0.900. The van der Waals surface area contributed by atoms with Crippen molar-refractivity contribution in [2.45, 2.75) is 57.3 Å². The van der Waals surface area contributed by atoms with Gasteiger partial charge in [-0.2, -0.15) is 0 Å². The average Bonchev–Trinajstić information content (AvgIpc) is 3.67. The Kier molecular flexibility index (Phi) is 9.74. The SMILES string of the molecule is Cc1nc2c(N3CCCc4nc(-c5ccc(C(=O)NCC#Cc6ccc7occ(C8CCC(=O)NC8=O)c7c6)nc5)ncc43)cc(C3CCOCC3)cc2n(C)c1=O. The molecule has 0 aliphatic carbocycles. The summed E-state index contributed by atoms with van der Waals surface area (Å²) in [6.45, 7) is 4.03. The van der Waals surface area contributed by atoms with Crippen molar-refractivity contribution in [1.82, 2.24) is 35.1 Å². The molecule has 0 radical (unpaired) electrons. The van der Waals surface area contributed by atoms with E-state index in [9.17, 15) is 19.2 Å². The zero-order chi connectivity index (χ0) is 39.9. The first-order chi connectivity index (χ1) is 28.2. The van der Waals surface area contributed by atoms with Gasteiger partial charge in [0, 0.05) is 61.5 Å². The number of piperidine rings is 1. The number of furan rings is 1. The second-order valence-corrected chi connectivity index (χ2v) is 15.0. The van der Waals surface area contributed by atoms with E-state index in [4.69, 9.17) is 24.1 Å². The topological polar surface area (TPSA) is 174 Å². The fourth-order valence-corrected chi connectivity index (χ4v) is 8.18. The molecule has 1 atom stereocenters. The van der Waals surface area contributed by atoms with Crippen molar-refractivity contribution < 1.29 is 23.5 Å². The van der Waals surface area contributed by atoms with Crippen molar-refractivity contribution >= 4 is 51.1 Å². The molecule has 0 saturated carbocycles. The Hall–Kier alpha value is -6.72. The molecule has 9 rings (SSSR count). The number of ether oxygens (including phenoxy) is 1. The number of pyridine rings is 1. The summed E-state index contributed by atoms with van der Waals surface area (Å²) < 4.78 is 13.0. The monoisotopic (exact) mass is 776 g/mol. The zero-order valence-electron chi connectivity index (χ0n) is 32.1. The van der Waals surface area contributed by atoms with Crippen molar-refractivity contribution in [2.24, 2.45) is 7.05 Å². The largest absolute Gasteiger partial charge is 0.464 e. The summed E-state index contributed by atoms with van der Waals surface area (Å²) in [5.74, 6) is 5.44. The summed E-state index contributed by atoms with van der Waals surface area (Å²) in [4.78, 5) is 71.2. The van der Waals surface area contributed by atoms with Gasteiger partial charge < -0.3 is 23.9 Å². The van der Waals surface area contributed by atoms with Gasteiger partial charge in [0.15, 0.2) is 5.82 Å². The predicted octanol–water partition coefficient (Wildman–Crippen LogP) is 5.12. The molecule has 2 saturated heterocycles. The third kappa shape index (κ3) is 6.98. The van der Waals surface area contributed by atoms with E-state index in [1.807, 2.05) is 25.4 Å². The first kappa shape index (κ1) is 36.9. The number of benzene rings is 2. The van der Waals surface area contributed by atoms with Crippen molar-refractivity contribution in [3.8, 4) is 23.2 Å². The summed E-state index contributed by atoms with van der Waals surface area (Å²) in [6.07, 6.45) is 9.19. The lowest BCUT2D eigenvalue weighted by atomic mass is 9.90. The van der Waals surface area contributed by atoms with Crippen LogP contribution in [0.4, 0.5) is 11.4 Å². The number of hydrogen-bond donors (Lipinski definition) is 2. The molecule has 14 heteroatoms. The number of aromatic nitrogens is 5. The Bertz CT molecular complexity index is 2760. The molecule has 58 heavy (non-hydrogen) atoms. The first-order valence-electron chi connectivity index (χ1n) is 19.5. The Morgan fingerprint density at radius 2 is 1.84 bits per heavy atom. The molecule has 14 nitrogen and oxygen atoms in total. The number of imide groups is 1. The molecular weight excluding hydrogens is 737 g/mol. The standard InChI is InChI=1S/C44H40N8O6/c1-25-44(56)51(2)35-20-29(27-13-17-57-18-14-27)21-36(40(35)48-25)52-16-4-6-33-37(52)23-47-41(49-33)28-8-10-34(46-22-28)43(55)45-15-3-5-26-7-11-38-31(19-26)32(24-58-38)30-9-12-39(53)50-42(30)54/h7-8,10-11,19-24,27,30H,4,6,9,12-18H2,1-2H3,(H,45,55)(H,50,53,54). The van der Waals surface area contributed by atoms with Crippen molar-refractivity contribution in [3.63, 3.8) is 0 Å². The van der Waals surface area contributed by atoms with Crippen LogP contribution in [0.25, 0.3) is 33.4 Å². The number of carbonyl (C=O) groups is 3. The number of carbonyl (C=O) groups excluding carboxylic acids is 3. The van der Waals surface area contributed by atoms with Gasteiger partial charge >= 0.3 is 0 Å². The van der Waals surface area contributed by atoms with E-state index in [0.29, 0.717) is 53.8 Å². The lowest BCUT2D eigenvalue weighted by molar-refractivity contribution is -0.134. The lowest BCUT2D eigenvalue weighted by Gasteiger charge is -2.32. The second-order valence-electron chi connectivity index (χ2n) is 15.0. The molecule has 3 aliphatic rings. The van der Waals surface area contributed by atoms with E-state index in [1.54, 1.807) is 42.1 Å². The molecule has 3 amide bonds. The normalized spacial score (nSPS) is 17.1. The van der Waals surface area contributed by atoms with E-state index in [-0.39, 0.29) is 41.9 Å². The number of anilines is 2. The molecule has 0 bridgehead atoms. The maximum Gasteiger partial charge on any atom is 0.272 e. The number of nitrogens with one attached hydrogen (secondary N) is 2. The number of hydrogen-bond acceptors (Lipinski definition) is 11. The minimum absolute atomic E-state index is 0.0920. The van der Waals surface area contributed by atoms with Gasteiger partial charge in [-0.1, -0.05) is 11.8 Å². The van der Waals surface area contributed by atoms with Gasteiger partial charge in [-0.3, -0.25) is 29.5 Å².